The van der Waals surface area contributed by atoms with Gasteiger partial charge in [0.05, 0.1) is 0 Å². The van der Waals surface area contributed by atoms with E-state index in [1.165, 1.54) is 128 Å². The normalized spacial score (nSPS) is 11.0. The second kappa shape index (κ2) is 40.9. The molecule has 0 fully saturated rings. The molecule has 0 saturated heterocycles. The van der Waals surface area contributed by atoms with Crippen LogP contribution in [0.25, 0.3) is 0 Å². The van der Waals surface area contributed by atoms with Gasteiger partial charge < -0.3 is 19.8 Å². The van der Waals surface area contributed by atoms with E-state index < -0.39 is 11.9 Å². The van der Waals surface area contributed by atoms with Gasteiger partial charge in [-0.25, -0.2) is 0 Å². The Bertz CT molecular complexity index is 524. The van der Waals surface area contributed by atoms with E-state index in [1.54, 1.807) is 0 Å². The molecule has 0 bridgehead atoms. The zero-order chi connectivity index (χ0) is 29.8. The van der Waals surface area contributed by atoms with Crippen LogP contribution < -0.4 is 10.2 Å². The van der Waals surface area contributed by atoms with Crippen molar-refractivity contribution in [2.24, 2.45) is 0 Å². The van der Waals surface area contributed by atoms with Crippen LogP contribution in [0.3, 0.4) is 0 Å². The van der Waals surface area contributed by atoms with Crippen LogP contribution in [0.2, 0.25) is 0 Å². The molecule has 0 saturated carbocycles. The van der Waals surface area contributed by atoms with E-state index in [0.717, 1.165) is 38.5 Å². The molecule has 0 N–H and O–H groups in total. The molecule has 0 aromatic rings. The molecule has 0 aromatic carbocycles. The number of allylic oxidation sites excluding steroid dienone is 4. The quantitative estimate of drug-likeness (QED) is 0.0612. The Balaban J connectivity index is -0.000000688. The van der Waals surface area contributed by atoms with Gasteiger partial charge in [0, 0.05) is 11.9 Å². The zero-order valence-electron chi connectivity index (χ0n) is 27.1. The van der Waals surface area contributed by atoms with Crippen LogP contribution in [-0.4, -0.2) is 11.9 Å². The lowest BCUT2D eigenvalue weighted by Gasteiger charge is -2.01. The van der Waals surface area contributed by atoms with Crippen molar-refractivity contribution in [3.63, 3.8) is 0 Å². The lowest BCUT2D eigenvalue weighted by Crippen LogP contribution is -2.21. The third-order valence-electron chi connectivity index (χ3n) is 7.29. The van der Waals surface area contributed by atoms with Gasteiger partial charge in [0.1, 0.15) is 0 Å². The highest BCUT2D eigenvalue weighted by atomic mass is 32.1. The minimum Gasteiger partial charge on any atom is -0.550 e. The molecule has 0 atom stereocenters. The van der Waals surface area contributed by atoms with E-state index in [2.05, 4.69) is 38.2 Å². The molecule has 41 heavy (non-hydrogen) atoms. The molecule has 4 nitrogen and oxygen atoms in total. The first kappa shape index (κ1) is 44.2. The number of aliphatic carboxylic acids is 2. The van der Waals surface area contributed by atoms with Crippen molar-refractivity contribution in [3.05, 3.63) is 24.3 Å². The van der Waals surface area contributed by atoms with Gasteiger partial charge >= 0.3 is 13.5 Å². The van der Waals surface area contributed by atoms with E-state index in [-0.39, 0.29) is 26.3 Å². The van der Waals surface area contributed by atoms with Gasteiger partial charge in [-0.1, -0.05) is 141 Å². The molecule has 0 aliphatic carbocycles. The van der Waals surface area contributed by atoms with Crippen molar-refractivity contribution in [1.82, 2.24) is 0 Å². The van der Waals surface area contributed by atoms with E-state index in [4.69, 9.17) is 0 Å². The summed E-state index contributed by atoms with van der Waals surface area (Å²) in [6, 6.07) is 0. The fraction of sp³-hybridized carbons (Fsp3) is 0.833. The second-order valence-electron chi connectivity index (χ2n) is 11.4. The van der Waals surface area contributed by atoms with Crippen molar-refractivity contribution < 1.29 is 19.8 Å². The van der Waals surface area contributed by atoms with Crippen LogP contribution in [0, 0.1) is 0 Å². The number of unbranched alkanes of at least 4 members (excludes halogenated alkanes) is 22. The number of carboxylic acid groups (broad SMARTS) is 2. The lowest BCUT2D eigenvalue weighted by atomic mass is 10.1. The molecule has 0 aromatic heterocycles. The highest BCUT2D eigenvalue weighted by Gasteiger charge is 2.00. The Kier molecular flexibility index (Phi) is 44.1. The Morgan fingerprint density at radius 3 is 0.854 bits per heavy atom. The van der Waals surface area contributed by atoms with Crippen molar-refractivity contribution in [2.45, 2.75) is 194 Å². The summed E-state index contributed by atoms with van der Waals surface area (Å²) in [6.07, 6.45) is 41.8. The molecule has 4 radical (unpaired) electrons. The number of rotatable bonds is 30. The Morgan fingerprint density at radius 2 is 0.610 bits per heavy atom. The van der Waals surface area contributed by atoms with E-state index >= 15 is 0 Å². The van der Waals surface area contributed by atoms with Crippen LogP contribution in [0.15, 0.2) is 24.3 Å². The molecule has 5 heteroatoms. The third-order valence-corrected chi connectivity index (χ3v) is 7.29. The van der Waals surface area contributed by atoms with Gasteiger partial charge in [-0.3, -0.25) is 0 Å². The summed E-state index contributed by atoms with van der Waals surface area (Å²) in [4.78, 5) is 20.4. The first-order valence-corrected chi connectivity index (χ1v) is 17.2. The number of carbonyl (C=O) groups is 2. The first-order chi connectivity index (χ1) is 19.5. The third kappa shape index (κ3) is 48.8. The summed E-state index contributed by atoms with van der Waals surface area (Å²) in [6.45, 7) is 4.51. The lowest BCUT2D eigenvalue weighted by molar-refractivity contribution is -0.307. The van der Waals surface area contributed by atoms with Crippen molar-refractivity contribution in [2.75, 3.05) is 0 Å². The SMILES string of the molecule is CCCCCCCCC=CCCCCCCCC(=O)[O-].CCCCCCCCC=CCCCCCCCC(=O)[O-].[S+2]. The number of carbonyl (C=O) groups excluding carboxylic acids is 2. The van der Waals surface area contributed by atoms with Gasteiger partial charge in [0.2, 0.25) is 0 Å². The summed E-state index contributed by atoms with van der Waals surface area (Å²) in [7, 11) is 0. The van der Waals surface area contributed by atoms with Gasteiger partial charge in [-0.15, -0.1) is 0 Å². The summed E-state index contributed by atoms with van der Waals surface area (Å²) in [5.74, 6) is -1.83. The highest BCUT2D eigenvalue weighted by molar-refractivity contribution is 7.37. The van der Waals surface area contributed by atoms with Gasteiger partial charge in [0.25, 0.3) is 0 Å². The average Bonchev–Trinajstić information content (AvgIpc) is 2.93. The molecule has 0 aliphatic rings. The summed E-state index contributed by atoms with van der Waals surface area (Å²) in [5.41, 5.74) is 0. The minimum atomic E-state index is -0.914. The maximum Gasteiger partial charge on any atom is 2.00 e. The maximum absolute atomic E-state index is 10.2. The van der Waals surface area contributed by atoms with Crippen LogP contribution in [0.4, 0.5) is 0 Å². The van der Waals surface area contributed by atoms with Crippen LogP contribution in [-0.2, 0) is 23.1 Å². The fourth-order valence-electron chi connectivity index (χ4n) is 4.68. The second-order valence-corrected chi connectivity index (χ2v) is 11.4. The predicted molar refractivity (Wildman–Crippen MR) is 176 cm³/mol. The summed E-state index contributed by atoms with van der Waals surface area (Å²) in [5, 5.41) is 20.4. The highest BCUT2D eigenvalue weighted by Crippen LogP contribution is 2.11. The molecular weight excluding hydrogens is 528 g/mol. The molecule has 0 aliphatic heterocycles. The Labute approximate surface area is 262 Å². The molecule has 240 valence electrons. The van der Waals surface area contributed by atoms with Crippen LogP contribution in [0.1, 0.15) is 194 Å². The molecule has 0 amide bonds. The fourth-order valence-corrected chi connectivity index (χ4v) is 4.68. The molecule has 0 rings (SSSR count). The number of carboxylic acids is 2. The first-order valence-electron chi connectivity index (χ1n) is 17.2. The molecule has 0 unspecified atom stereocenters. The average molecular weight is 595 g/mol. The maximum atomic E-state index is 10.2. The summed E-state index contributed by atoms with van der Waals surface area (Å²) >= 11 is 0. The number of hydrogen-bond donors (Lipinski definition) is 0. The van der Waals surface area contributed by atoms with E-state index in [0.29, 0.717) is 0 Å². The summed E-state index contributed by atoms with van der Waals surface area (Å²) < 4.78 is 0. The van der Waals surface area contributed by atoms with Crippen LogP contribution >= 0.6 is 0 Å². The van der Waals surface area contributed by atoms with Gasteiger partial charge in [-0.05, 0) is 77.0 Å². The molecular formula is C36H66O4S. The largest absolute Gasteiger partial charge is 2.00 e. The van der Waals surface area contributed by atoms with Crippen molar-refractivity contribution in [1.29, 1.82) is 0 Å². The number of hydrogen-bond acceptors (Lipinski definition) is 4. The topological polar surface area (TPSA) is 80.3 Å². The molecule has 0 heterocycles. The Morgan fingerprint density at radius 1 is 0.390 bits per heavy atom. The van der Waals surface area contributed by atoms with E-state index in [1.807, 2.05) is 0 Å². The smallest absolute Gasteiger partial charge is 0.550 e. The minimum absolute atomic E-state index is 0. The van der Waals surface area contributed by atoms with E-state index in [9.17, 15) is 19.8 Å². The standard InChI is InChI=1S/2C18H34O2.S/c2*1-2-3-4-5-6-7-8-9-10-11-12-13-14-15-16-17-18(19)20;/h2*9-10H,2-8,11-17H2,1H3,(H,19,20);/q;;+2/p-2. The Hall–Kier alpha value is -1.23. The molecule has 0 spiro atoms. The zero-order valence-corrected chi connectivity index (χ0v) is 28.0. The van der Waals surface area contributed by atoms with Crippen LogP contribution in [0.5, 0.6) is 0 Å². The van der Waals surface area contributed by atoms with Gasteiger partial charge in [0.15, 0.2) is 0 Å². The van der Waals surface area contributed by atoms with Gasteiger partial charge in [-0.2, -0.15) is 0 Å². The van der Waals surface area contributed by atoms with Crippen molar-refractivity contribution >= 4 is 25.4 Å². The van der Waals surface area contributed by atoms with Crippen molar-refractivity contribution in [3.8, 4) is 0 Å². The monoisotopic (exact) mass is 594 g/mol. The predicted octanol–water partition coefficient (Wildman–Crippen LogP) is 9.55.